The van der Waals surface area contributed by atoms with Crippen LogP contribution in [0.5, 0.6) is 0 Å². The Morgan fingerprint density at radius 2 is 1.57 bits per heavy atom. The maximum Gasteiger partial charge on any atom is 0.157 e. The van der Waals surface area contributed by atoms with Crippen LogP contribution >= 0.6 is 0 Å². The van der Waals surface area contributed by atoms with Crippen LogP contribution in [0.4, 0.5) is 0 Å². The summed E-state index contributed by atoms with van der Waals surface area (Å²) in [4.78, 5) is 0. The van der Waals surface area contributed by atoms with Crippen molar-refractivity contribution >= 4 is 0 Å². The van der Waals surface area contributed by atoms with Gasteiger partial charge in [-0.3, -0.25) is 0 Å². The van der Waals surface area contributed by atoms with E-state index in [-0.39, 0.29) is 6.10 Å². The van der Waals surface area contributed by atoms with Gasteiger partial charge in [0.25, 0.3) is 0 Å². The van der Waals surface area contributed by atoms with E-state index in [0.717, 1.165) is 30.4 Å². The Morgan fingerprint density at radius 3 is 2.30 bits per heavy atom. The molecule has 1 saturated carbocycles. The highest BCUT2D eigenvalue weighted by Crippen LogP contribution is 2.61. The van der Waals surface area contributed by atoms with Crippen LogP contribution in [0.25, 0.3) is 0 Å². The molecule has 0 bridgehead atoms. The van der Waals surface area contributed by atoms with E-state index in [1.807, 2.05) is 48.5 Å². The van der Waals surface area contributed by atoms with E-state index in [1.54, 1.807) is 0 Å². The topological polar surface area (TPSA) is 32.8 Å². The molecule has 0 unspecified atom stereocenters. The highest BCUT2D eigenvalue weighted by atomic mass is 16.6. The molecule has 1 heterocycles. The molecule has 1 aliphatic carbocycles. The van der Waals surface area contributed by atoms with Crippen LogP contribution in [0.1, 0.15) is 42.9 Å². The van der Waals surface area contributed by atoms with Crippen molar-refractivity contribution in [3.8, 4) is 11.8 Å². The zero-order chi connectivity index (χ0) is 15.8. The van der Waals surface area contributed by atoms with Gasteiger partial charge in [-0.05, 0) is 37.0 Å². The fourth-order valence-corrected chi connectivity index (χ4v) is 3.70. The van der Waals surface area contributed by atoms with E-state index in [2.05, 4.69) is 24.0 Å². The molecule has 3 atom stereocenters. The monoisotopic (exact) mass is 304 g/mol. The molecule has 2 fully saturated rings. The third kappa shape index (κ3) is 2.47. The molecular formula is C21H20O2. The lowest BCUT2D eigenvalue weighted by atomic mass is 9.72. The summed E-state index contributed by atoms with van der Waals surface area (Å²) in [5.74, 6) is 6.29. The van der Waals surface area contributed by atoms with Gasteiger partial charge in [-0.2, -0.15) is 0 Å². The fraction of sp³-hybridized carbons (Fsp3) is 0.333. The molecule has 1 aliphatic heterocycles. The van der Waals surface area contributed by atoms with Crippen molar-refractivity contribution in [2.75, 3.05) is 0 Å². The predicted molar refractivity (Wildman–Crippen MR) is 89.7 cm³/mol. The molecule has 2 aromatic rings. The number of aliphatic hydroxyl groups is 1. The van der Waals surface area contributed by atoms with Crippen LogP contribution in [0, 0.1) is 11.8 Å². The number of epoxide rings is 1. The maximum absolute atomic E-state index is 11.3. The van der Waals surface area contributed by atoms with E-state index in [0.29, 0.717) is 6.42 Å². The minimum Gasteiger partial charge on any atom is -0.374 e. The SMILES string of the molecule is O[C@]1(C#Cc2ccccc2)CCCC[C@]12O[C@H]2c1ccccc1. The van der Waals surface area contributed by atoms with Crippen LogP contribution in [0.3, 0.4) is 0 Å². The van der Waals surface area contributed by atoms with Gasteiger partial charge in [-0.15, -0.1) is 0 Å². The van der Waals surface area contributed by atoms with Crippen LogP contribution in [0.15, 0.2) is 60.7 Å². The maximum atomic E-state index is 11.3. The Kier molecular flexibility index (Phi) is 3.49. The molecule has 1 spiro atoms. The summed E-state index contributed by atoms with van der Waals surface area (Å²) in [5, 5.41) is 11.3. The lowest BCUT2D eigenvalue weighted by Gasteiger charge is -2.34. The molecular weight excluding hydrogens is 284 g/mol. The van der Waals surface area contributed by atoms with Gasteiger partial charge >= 0.3 is 0 Å². The van der Waals surface area contributed by atoms with Gasteiger partial charge in [0.05, 0.1) is 0 Å². The molecule has 0 radical (unpaired) electrons. The van der Waals surface area contributed by atoms with Gasteiger partial charge in [-0.1, -0.05) is 66.8 Å². The lowest BCUT2D eigenvalue weighted by molar-refractivity contribution is -0.0182. The minimum absolute atomic E-state index is 0.0425. The van der Waals surface area contributed by atoms with Crippen molar-refractivity contribution in [2.45, 2.75) is 43.0 Å². The summed E-state index contributed by atoms with van der Waals surface area (Å²) in [6.45, 7) is 0. The quantitative estimate of drug-likeness (QED) is 0.641. The molecule has 23 heavy (non-hydrogen) atoms. The van der Waals surface area contributed by atoms with E-state index in [4.69, 9.17) is 4.74 Å². The molecule has 1 saturated heterocycles. The third-order valence-corrected chi connectivity index (χ3v) is 5.02. The van der Waals surface area contributed by atoms with E-state index >= 15 is 0 Å². The molecule has 0 amide bonds. The third-order valence-electron chi connectivity index (χ3n) is 5.02. The van der Waals surface area contributed by atoms with Gasteiger partial charge in [0.15, 0.2) is 5.60 Å². The summed E-state index contributed by atoms with van der Waals surface area (Å²) in [6, 6.07) is 20.0. The van der Waals surface area contributed by atoms with Crippen molar-refractivity contribution < 1.29 is 9.84 Å². The van der Waals surface area contributed by atoms with Gasteiger partial charge < -0.3 is 9.84 Å². The molecule has 2 aliphatic rings. The van der Waals surface area contributed by atoms with Crippen LogP contribution < -0.4 is 0 Å². The second kappa shape index (κ2) is 5.53. The number of ether oxygens (including phenoxy) is 1. The van der Waals surface area contributed by atoms with E-state index in [1.165, 1.54) is 0 Å². The Hall–Kier alpha value is -2.08. The molecule has 116 valence electrons. The van der Waals surface area contributed by atoms with Crippen molar-refractivity contribution in [2.24, 2.45) is 0 Å². The summed E-state index contributed by atoms with van der Waals surface area (Å²) >= 11 is 0. The first-order chi connectivity index (χ1) is 11.2. The largest absolute Gasteiger partial charge is 0.374 e. The first-order valence-corrected chi connectivity index (χ1v) is 8.27. The zero-order valence-corrected chi connectivity index (χ0v) is 13.0. The predicted octanol–water partition coefficient (Wildman–Crippen LogP) is 3.85. The van der Waals surface area contributed by atoms with Gasteiger partial charge in [-0.25, -0.2) is 0 Å². The minimum atomic E-state index is -1.07. The van der Waals surface area contributed by atoms with Crippen molar-refractivity contribution in [1.82, 2.24) is 0 Å². The highest BCUT2D eigenvalue weighted by Gasteiger charge is 2.69. The number of rotatable bonds is 1. The summed E-state index contributed by atoms with van der Waals surface area (Å²) in [6.07, 6.45) is 3.58. The molecule has 2 heteroatoms. The van der Waals surface area contributed by atoms with Crippen LogP contribution in [0.2, 0.25) is 0 Å². The summed E-state index contributed by atoms with van der Waals surface area (Å²) in [7, 11) is 0. The van der Waals surface area contributed by atoms with E-state index < -0.39 is 11.2 Å². The smallest absolute Gasteiger partial charge is 0.157 e. The average Bonchev–Trinajstić information content (AvgIpc) is 3.34. The standard InChI is InChI=1S/C21H20O2/c22-20(16-13-17-9-3-1-4-10-17)14-7-8-15-21(20)19(23-21)18-11-5-2-6-12-18/h1-6,9-12,19,22H,7-8,14-15H2/t19-,20-,21+/m0/s1. The lowest BCUT2D eigenvalue weighted by Crippen LogP contribution is -2.47. The van der Waals surface area contributed by atoms with Gasteiger partial charge in [0.1, 0.15) is 11.7 Å². The molecule has 4 rings (SSSR count). The van der Waals surface area contributed by atoms with Crippen LogP contribution in [-0.4, -0.2) is 16.3 Å². The highest BCUT2D eigenvalue weighted by molar-refractivity contribution is 5.41. The Labute approximate surface area is 137 Å². The Morgan fingerprint density at radius 1 is 0.913 bits per heavy atom. The Balaban J connectivity index is 1.66. The van der Waals surface area contributed by atoms with Crippen molar-refractivity contribution in [1.29, 1.82) is 0 Å². The number of hydrogen-bond acceptors (Lipinski definition) is 2. The van der Waals surface area contributed by atoms with Gasteiger partial charge in [0.2, 0.25) is 0 Å². The van der Waals surface area contributed by atoms with Gasteiger partial charge in [0, 0.05) is 5.56 Å². The first-order valence-electron chi connectivity index (χ1n) is 8.27. The van der Waals surface area contributed by atoms with Crippen molar-refractivity contribution in [3.63, 3.8) is 0 Å². The number of hydrogen-bond donors (Lipinski definition) is 1. The molecule has 2 aromatic carbocycles. The number of benzene rings is 2. The molecule has 0 aromatic heterocycles. The summed E-state index contributed by atoms with van der Waals surface area (Å²) in [5.41, 5.74) is 0.462. The van der Waals surface area contributed by atoms with Crippen molar-refractivity contribution in [3.05, 3.63) is 71.8 Å². The van der Waals surface area contributed by atoms with E-state index in [9.17, 15) is 5.11 Å². The Bertz CT molecular complexity index is 744. The zero-order valence-electron chi connectivity index (χ0n) is 13.0. The second-order valence-electron chi connectivity index (χ2n) is 6.48. The van der Waals surface area contributed by atoms with Crippen LogP contribution in [-0.2, 0) is 4.74 Å². The first kappa shape index (κ1) is 14.5. The summed E-state index contributed by atoms with van der Waals surface area (Å²) < 4.78 is 6.08. The molecule has 1 N–H and O–H groups in total. The fourth-order valence-electron chi connectivity index (χ4n) is 3.70. The molecule has 2 nitrogen and oxygen atoms in total. The normalized spacial score (nSPS) is 32.1. The second-order valence-corrected chi connectivity index (χ2v) is 6.48. The average molecular weight is 304 g/mol.